The highest BCUT2D eigenvalue weighted by molar-refractivity contribution is 5.95. The van der Waals surface area contributed by atoms with Crippen molar-refractivity contribution in [3.8, 4) is 0 Å². The lowest BCUT2D eigenvalue weighted by Crippen LogP contribution is -2.31. The zero-order chi connectivity index (χ0) is 15.4. The van der Waals surface area contributed by atoms with E-state index >= 15 is 0 Å². The van der Waals surface area contributed by atoms with Crippen LogP contribution in [0.25, 0.3) is 0 Å². The highest BCUT2D eigenvalue weighted by Crippen LogP contribution is 2.21. The van der Waals surface area contributed by atoms with Crippen LogP contribution in [0.15, 0.2) is 12.1 Å². The third kappa shape index (κ3) is 3.75. The van der Waals surface area contributed by atoms with Gasteiger partial charge in [0.25, 0.3) is 11.6 Å². The maximum Gasteiger partial charge on any atom is 0.270 e. The van der Waals surface area contributed by atoms with Crippen LogP contribution in [0, 0.1) is 22.9 Å². The predicted octanol–water partition coefficient (Wildman–Crippen LogP) is 1.91. The molecule has 1 saturated heterocycles. The summed E-state index contributed by atoms with van der Waals surface area (Å²) in [4.78, 5) is 22.1. The molecule has 114 valence electrons. The number of non-ortho nitro benzene ring substituents is 1. The van der Waals surface area contributed by atoms with E-state index in [1.807, 2.05) is 0 Å². The van der Waals surface area contributed by atoms with Gasteiger partial charge in [0.05, 0.1) is 10.5 Å². The van der Waals surface area contributed by atoms with Crippen LogP contribution in [0.5, 0.6) is 0 Å². The molecule has 1 fully saturated rings. The normalized spacial score (nSPS) is 17.7. The molecule has 1 aromatic rings. The van der Waals surface area contributed by atoms with E-state index in [2.05, 4.69) is 10.6 Å². The average molecular weight is 295 g/mol. The molecule has 2 rings (SSSR count). The molecule has 1 aliphatic rings. The second kappa shape index (κ2) is 6.62. The Morgan fingerprint density at radius 3 is 2.95 bits per heavy atom. The molecule has 1 atom stereocenters. The van der Waals surface area contributed by atoms with E-state index in [0.717, 1.165) is 37.9 Å². The van der Waals surface area contributed by atoms with Crippen LogP contribution in [0.4, 0.5) is 10.1 Å². The van der Waals surface area contributed by atoms with E-state index in [4.69, 9.17) is 0 Å². The second-order valence-electron chi connectivity index (χ2n) is 5.22. The molecule has 1 heterocycles. The van der Waals surface area contributed by atoms with Crippen molar-refractivity contribution in [2.75, 3.05) is 13.1 Å². The maximum atomic E-state index is 13.9. The van der Waals surface area contributed by atoms with Gasteiger partial charge in [-0.2, -0.15) is 0 Å². The fourth-order valence-corrected chi connectivity index (χ4v) is 2.48. The van der Waals surface area contributed by atoms with Crippen LogP contribution in [-0.2, 0) is 0 Å². The number of nitrogens with one attached hydrogen (secondary N) is 2. The Hall–Kier alpha value is -2.02. The topological polar surface area (TPSA) is 84.3 Å². The van der Waals surface area contributed by atoms with Crippen molar-refractivity contribution in [2.45, 2.75) is 32.2 Å². The minimum Gasteiger partial charge on any atom is -0.352 e. The van der Waals surface area contributed by atoms with Crippen molar-refractivity contribution >= 4 is 11.6 Å². The first kappa shape index (κ1) is 15.4. The SMILES string of the molecule is Cc1cc([N+](=O)[O-])cc(C(=O)NCC[C@@H]2CCCN2)c1F. The Balaban J connectivity index is 2.02. The van der Waals surface area contributed by atoms with Crippen molar-refractivity contribution in [2.24, 2.45) is 0 Å². The Bertz CT molecular complexity index is 557. The molecule has 0 aliphatic carbocycles. The summed E-state index contributed by atoms with van der Waals surface area (Å²) in [5, 5.41) is 16.7. The number of halogens is 1. The number of rotatable bonds is 5. The summed E-state index contributed by atoms with van der Waals surface area (Å²) in [5.41, 5.74) is -0.468. The summed E-state index contributed by atoms with van der Waals surface area (Å²) in [7, 11) is 0. The first-order chi connectivity index (χ1) is 9.99. The minimum atomic E-state index is -0.711. The Morgan fingerprint density at radius 1 is 1.57 bits per heavy atom. The van der Waals surface area contributed by atoms with Gasteiger partial charge < -0.3 is 10.6 Å². The van der Waals surface area contributed by atoms with Crippen LogP contribution in [0.3, 0.4) is 0 Å². The maximum absolute atomic E-state index is 13.9. The van der Waals surface area contributed by atoms with E-state index in [-0.39, 0.29) is 16.8 Å². The summed E-state index contributed by atoms with van der Waals surface area (Å²) >= 11 is 0. The van der Waals surface area contributed by atoms with Crippen LogP contribution < -0.4 is 10.6 Å². The van der Waals surface area contributed by atoms with Crippen LogP contribution >= 0.6 is 0 Å². The van der Waals surface area contributed by atoms with Crippen molar-refractivity contribution in [1.29, 1.82) is 0 Å². The van der Waals surface area contributed by atoms with Gasteiger partial charge in [-0.05, 0) is 38.3 Å². The van der Waals surface area contributed by atoms with Crippen molar-refractivity contribution in [3.05, 3.63) is 39.2 Å². The van der Waals surface area contributed by atoms with Crippen molar-refractivity contribution in [3.63, 3.8) is 0 Å². The fraction of sp³-hybridized carbons (Fsp3) is 0.500. The molecule has 0 unspecified atom stereocenters. The largest absolute Gasteiger partial charge is 0.352 e. The monoisotopic (exact) mass is 295 g/mol. The zero-order valence-electron chi connectivity index (χ0n) is 11.8. The van der Waals surface area contributed by atoms with Crippen LogP contribution in [0.2, 0.25) is 0 Å². The van der Waals surface area contributed by atoms with E-state index in [1.165, 1.54) is 6.92 Å². The first-order valence-corrected chi connectivity index (χ1v) is 6.95. The Morgan fingerprint density at radius 2 is 2.33 bits per heavy atom. The quantitative estimate of drug-likeness (QED) is 0.642. The molecule has 1 aliphatic heterocycles. The molecule has 21 heavy (non-hydrogen) atoms. The first-order valence-electron chi connectivity index (χ1n) is 6.95. The zero-order valence-corrected chi connectivity index (χ0v) is 11.8. The number of hydrogen-bond acceptors (Lipinski definition) is 4. The minimum absolute atomic E-state index is 0.0896. The van der Waals surface area contributed by atoms with Gasteiger partial charge in [-0.15, -0.1) is 0 Å². The standard InChI is InChI=1S/C14H18FN3O3/c1-9-7-11(18(20)21)8-12(13(9)15)14(19)17-6-4-10-3-2-5-16-10/h7-8,10,16H,2-6H2,1H3,(H,17,19)/t10-/m0/s1. The number of nitro benzene ring substituents is 1. The molecule has 0 radical (unpaired) electrons. The lowest BCUT2D eigenvalue weighted by molar-refractivity contribution is -0.385. The third-order valence-electron chi connectivity index (χ3n) is 3.64. The summed E-state index contributed by atoms with van der Waals surface area (Å²) in [6.07, 6.45) is 2.96. The van der Waals surface area contributed by atoms with Crippen molar-refractivity contribution in [1.82, 2.24) is 10.6 Å². The average Bonchev–Trinajstić information content (AvgIpc) is 2.94. The van der Waals surface area contributed by atoms with Gasteiger partial charge >= 0.3 is 0 Å². The smallest absolute Gasteiger partial charge is 0.270 e. The van der Waals surface area contributed by atoms with Gasteiger partial charge in [0.2, 0.25) is 0 Å². The molecule has 6 nitrogen and oxygen atoms in total. The number of hydrogen-bond donors (Lipinski definition) is 2. The number of nitrogens with zero attached hydrogens (tertiary/aromatic N) is 1. The highest BCUT2D eigenvalue weighted by Gasteiger charge is 2.20. The highest BCUT2D eigenvalue weighted by atomic mass is 19.1. The number of carbonyl (C=O) groups excluding carboxylic acids is 1. The van der Waals surface area contributed by atoms with Gasteiger partial charge in [-0.3, -0.25) is 14.9 Å². The molecular formula is C14H18FN3O3. The summed E-state index contributed by atoms with van der Waals surface area (Å²) in [5.74, 6) is -1.32. The summed E-state index contributed by atoms with van der Waals surface area (Å²) in [6, 6.07) is 2.47. The van der Waals surface area contributed by atoms with Gasteiger partial charge in [0, 0.05) is 24.7 Å². The van der Waals surface area contributed by atoms with Gasteiger partial charge in [-0.25, -0.2) is 4.39 Å². The molecule has 2 N–H and O–H groups in total. The van der Waals surface area contributed by atoms with Gasteiger partial charge in [0.15, 0.2) is 0 Å². The van der Waals surface area contributed by atoms with E-state index < -0.39 is 16.6 Å². The molecule has 0 spiro atoms. The molecular weight excluding hydrogens is 277 g/mol. The lowest BCUT2D eigenvalue weighted by atomic mass is 10.1. The Kier molecular flexibility index (Phi) is 4.85. The van der Waals surface area contributed by atoms with E-state index in [0.29, 0.717) is 12.6 Å². The van der Waals surface area contributed by atoms with Crippen LogP contribution in [0.1, 0.15) is 35.2 Å². The number of nitro groups is 1. The predicted molar refractivity (Wildman–Crippen MR) is 75.8 cm³/mol. The molecule has 1 amide bonds. The second-order valence-corrected chi connectivity index (χ2v) is 5.22. The fourth-order valence-electron chi connectivity index (χ4n) is 2.48. The third-order valence-corrected chi connectivity index (χ3v) is 3.64. The number of carbonyl (C=O) groups is 1. The van der Waals surface area contributed by atoms with Gasteiger partial charge in [0.1, 0.15) is 5.82 Å². The van der Waals surface area contributed by atoms with Crippen LogP contribution in [-0.4, -0.2) is 30.0 Å². The number of benzene rings is 1. The molecule has 0 aromatic heterocycles. The van der Waals surface area contributed by atoms with Gasteiger partial charge in [-0.1, -0.05) is 0 Å². The molecule has 7 heteroatoms. The lowest BCUT2D eigenvalue weighted by Gasteiger charge is -2.11. The van der Waals surface area contributed by atoms with E-state index in [1.54, 1.807) is 0 Å². The molecule has 0 bridgehead atoms. The number of aryl methyl sites for hydroxylation is 1. The number of amides is 1. The molecule has 1 aromatic carbocycles. The Labute approximate surface area is 121 Å². The van der Waals surface area contributed by atoms with Crippen molar-refractivity contribution < 1.29 is 14.1 Å². The van der Waals surface area contributed by atoms with E-state index in [9.17, 15) is 19.3 Å². The summed E-state index contributed by atoms with van der Waals surface area (Å²) < 4.78 is 13.9. The molecule has 0 saturated carbocycles. The summed E-state index contributed by atoms with van der Waals surface area (Å²) in [6.45, 7) is 2.80.